The van der Waals surface area contributed by atoms with Crippen LogP contribution in [0.5, 0.6) is 0 Å². The lowest BCUT2D eigenvalue weighted by atomic mass is 10.1. The van der Waals surface area contributed by atoms with Gasteiger partial charge >= 0.3 is 5.97 Å². The van der Waals surface area contributed by atoms with Crippen molar-refractivity contribution in [2.45, 2.75) is 18.9 Å². The van der Waals surface area contributed by atoms with E-state index in [1.807, 2.05) is 0 Å². The highest BCUT2D eigenvalue weighted by atomic mass is 19.1. The number of hydrogen-bond donors (Lipinski definition) is 3. The molecule has 102 valence electrons. The Bertz CT molecular complexity index is 504. The molecule has 0 heterocycles. The zero-order chi connectivity index (χ0) is 14.4. The molecule has 1 rings (SSSR count). The standard InChI is InChI=1S/C12H13FN2O4/c13-8-3-1-2-7(6-8)11(17)15-9(12(18)19)4-5-10(14)16/h1-3,6,9H,4-5H2,(H2,14,16)(H,15,17)(H,18,19). The maximum atomic E-state index is 12.9. The summed E-state index contributed by atoms with van der Waals surface area (Å²) < 4.78 is 12.9. The summed E-state index contributed by atoms with van der Waals surface area (Å²) in [4.78, 5) is 33.2. The second-order valence-corrected chi connectivity index (χ2v) is 3.88. The third-order valence-electron chi connectivity index (χ3n) is 2.37. The Labute approximate surface area is 108 Å². The molecule has 2 amide bonds. The van der Waals surface area contributed by atoms with Crippen molar-refractivity contribution in [2.75, 3.05) is 0 Å². The summed E-state index contributed by atoms with van der Waals surface area (Å²) in [6.45, 7) is 0. The molecule has 0 bridgehead atoms. The van der Waals surface area contributed by atoms with E-state index < -0.39 is 29.6 Å². The number of nitrogens with one attached hydrogen (secondary N) is 1. The van der Waals surface area contributed by atoms with E-state index in [0.29, 0.717) is 0 Å². The molecule has 6 nitrogen and oxygen atoms in total. The van der Waals surface area contributed by atoms with Crippen LogP contribution in [0.2, 0.25) is 0 Å². The average molecular weight is 268 g/mol. The highest BCUT2D eigenvalue weighted by Gasteiger charge is 2.21. The van der Waals surface area contributed by atoms with E-state index in [1.165, 1.54) is 18.2 Å². The van der Waals surface area contributed by atoms with Crippen LogP contribution in [0.25, 0.3) is 0 Å². The second kappa shape index (κ2) is 6.48. The van der Waals surface area contributed by atoms with E-state index in [0.717, 1.165) is 6.07 Å². The summed E-state index contributed by atoms with van der Waals surface area (Å²) in [6, 6.07) is 3.60. The minimum atomic E-state index is -1.29. The van der Waals surface area contributed by atoms with Crippen LogP contribution < -0.4 is 11.1 Å². The Morgan fingerprint density at radius 3 is 2.58 bits per heavy atom. The van der Waals surface area contributed by atoms with E-state index in [2.05, 4.69) is 5.32 Å². The van der Waals surface area contributed by atoms with Gasteiger partial charge in [0.15, 0.2) is 0 Å². The van der Waals surface area contributed by atoms with Gasteiger partial charge in [0.1, 0.15) is 11.9 Å². The van der Waals surface area contributed by atoms with Crippen molar-refractivity contribution in [2.24, 2.45) is 5.73 Å². The van der Waals surface area contributed by atoms with Crippen LogP contribution in [-0.4, -0.2) is 28.9 Å². The SMILES string of the molecule is NC(=O)CCC(NC(=O)c1cccc(F)c1)C(=O)O. The molecule has 1 atom stereocenters. The van der Waals surface area contributed by atoms with Crippen LogP contribution in [0.1, 0.15) is 23.2 Å². The first kappa shape index (κ1) is 14.6. The number of amides is 2. The molecule has 0 saturated carbocycles. The zero-order valence-electron chi connectivity index (χ0n) is 9.93. The van der Waals surface area contributed by atoms with E-state index in [1.54, 1.807) is 0 Å². The highest BCUT2D eigenvalue weighted by molar-refractivity contribution is 5.96. The van der Waals surface area contributed by atoms with Crippen LogP contribution in [0.4, 0.5) is 4.39 Å². The molecule has 1 unspecified atom stereocenters. The minimum Gasteiger partial charge on any atom is -0.480 e. The summed E-state index contributed by atoms with van der Waals surface area (Å²) in [5, 5.41) is 11.1. The van der Waals surface area contributed by atoms with Crippen LogP contribution in [0.3, 0.4) is 0 Å². The van der Waals surface area contributed by atoms with Crippen LogP contribution in [-0.2, 0) is 9.59 Å². The molecular weight excluding hydrogens is 255 g/mol. The summed E-state index contributed by atoms with van der Waals surface area (Å²) in [7, 11) is 0. The number of primary amides is 1. The van der Waals surface area contributed by atoms with Crippen molar-refractivity contribution in [3.8, 4) is 0 Å². The number of carboxylic acid groups (broad SMARTS) is 1. The van der Waals surface area contributed by atoms with Gasteiger partial charge in [-0.25, -0.2) is 9.18 Å². The molecule has 0 radical (unpaired) electrons. The minimum absolute atomic E-state index is 0.00493. The third kappa shape index (κ3) is 4.74. The fourth-order valence-electron chi connectivity index (χ4n) is 1.42. The number of carbonyl (C=O) groups is 3. The third-order valence-corrected chi connectivity index (χ3v) is 2.37. The molecule has 0 aromatic heterocycles. The van der Waals surface area contributed by atoms with Crippen molar-refractivity contribution in [1.82, 2.24) is 5.32 Å². The molecular formula is C12H13FN2O4. The van der Waals surface area contributed by atoms with Crippen LogP contribution >= 0.6 is 0 Å². The van der Waals surface area contributed by atoms with Gasteiger partial charge in [0.25, 0.3) is 5.91 Å². The normalized spacial score (nSPS) is 11.6. The van der Waals surface area contributed by atoms with Gasteiger partial charge < -0.3 is 16.2 Å². The van der Waals surface area contributed by atoms with Gasteiger partial charge in [-0.15, -0.1) is 0 Å². The lowest BCUT2D eigenvalue weighted by molar-refractivity contribution is -0.139. The first-order valence-electron chi connectivity index (χ1n) is 5.47. The fraction of sp³-hybridized carbons (Fsp3) is 0.250. The molecule has 0 aliphatic carbocycles. The Hall–Kier alpha value is -2.44. The Kier molecular flexibility index (Phi) is 4.99. The number of rotatable bonds is 6. The molecule has 7 heteroatoms. The number of hydrogen-bond acceptors (Lipinski definition) is 3. The maximum Gasteiger partial charge on any atom is 0.326 e. The molecule has 0 aliphatic rings. The fourth-order valence-corrected chi connectivity index (χ4v) is 1.42. The van der Waals surface area contributed by atoms with Gasteiger partial charge in [-0.2, -0.15) is 0 Å². The molecule has 1 aromatic carbocycles. The Morgan fingerprint density at radius 2 is 2.05 bits per heavy atom. The van der Waals surface area contributed by atoms with Gasteiger partial charge in [0.05, 0.1) is 0 Å². The first-order chi connectivity index (χ1) is 8.90. The van der Waals surface area contributed by atoms with Crippen molar-refractivity contribution in [1.29, 1.82) is 0 Å². The summed E-state index contributed by atoms with van der Waals surface area (Å²) >= 11 is 0. The topological polar surface area (TPSA) is 109 Å². The number of aliphatic carboxylic acids is 1. The molecule has 0 spiro atoms. The average Bonchev–Trinajstić information content (AvgIpc) is 2.33. The molecule has 19 heavy (non-hydrogen) atoms. The van der Waals surface area contributed by atoms with Gasteiger partial charge in [-0.1, -0.05) is 6.07 Å². The van der Waals surface area contributed by atoms with Crippen LogP contribution in [0, 0.1) is 5.82 Å². The van der Waals surface area contributed by atoms with E-state index in [4.69, 9.17) is 10.8 Å². The van der Waals surface area contributed by atoms with Gasteiger partial charge in [0, 0.05) is 12.0 Å². The Balaban J connectivity index is 2.71. The van der Waals surface area contributed by atoms with E-state index >= 15 is 0 Å². The van der Waals surface area contributed by atoms with Gasteiger partial charge in [-0.3, -0.25) is 9.59 Å². The number of nitrogens with two attached hydrogens (primary N) is 1. The predicted octanol–water partition coefficient (Wildman–Crippen LogP) is 0.274. The zero-order valence-corrected chi connectivity index (χ0v) is 9.93. The first-order valence-corrected chi connectivity index (χ1v) is 5.47. The second-order valence-electron chi connectivity index (χ2n) is 3.88. The number of carboxylic acids is 1. The molecule has 0 aliphatic heterocycles. The van der Waals surface area contributed by atoms with Crippen molar-refractivity contribution < 1.29 is 23.9 Å². The van der Waals surface area contributed by atoms with Crippen molar-refractivity contribution >= 4 is 17.8 Å². The number of halogens is 1. The molecule has 4 N–H and O–H groups in total. The smallest absolute Gasteiger partial charge is 0.326 e. The number of carbonyl (C=O) groups excluding carboxylic acids is 2. The molecule has 0 saturated heterocycles. The largest absolute Gasteiger partial charge is 0.480 e. The van der Waals surface area contributed by atoms with E-state index in [9.17, 15) is 18.8 Å². The maximum absolute atomic E-state index is 12.9. The van der Waals surface area contributed by atoms with E-state index in [-0.39, 0.29) is 18.4 Å². The quantitative estimate of drug-likeness (QED) is 0.688. The van der Waals surface area contributed by atoms with Gasteiger partial charge in [-0.05, 0) is 24.6 Å². The Morgan fingerprint density at radius 1 is 1.37 bits per heavy atom. The summed E-state index contributed by atoms with van der Waals surface area (Å²) in [5.41, 5.74) is 4.91. The summed E-state index contributed by atoms with van der Waals surface area (Å²) in [6.07, 6.45) is -0.286. The predicted molar refractivity (Wildman–Crippen MR) is 63.7 cm³/mol. The molecule has 0 fully saturated rings. The van der Waals surface area contributed by atoms with Crippen molar-refractivity contribution in [3.05, 3.63) is 35.6 Å². The number of benzene rings is 1. The van der Waals surface area contributed by atoms with Crippen LogP contribution in [0.15, 0.2) is 24.3 Å². The van der Waals surface area contributed by atoms with Crippen molar-refractivity contribution in [3.63, 3.8) is 0 Å². The monoisotopic (exact) mass is 268 g/mol. The summed E-state index contributed by atoms with van der Waals surface area (Å²) in [5.74, 6) is -3.27. The molecule has 1 aromatic rings. The highest BCUT2D eigenvalue weighted by Crippen LogP contribution is 2.05. The lowest BCUT2D eigenvalue weighted by Crippen LogP contribution is -2.41. The van der Waals surface area contributed by atoms with Gasteiger partial charge in [0.2, 0.25) is 5.91 Å². The lowest BCUT2D eigenvalue weighted by Gasteiger charge is -2.13.